The fraction of sp³-hybridized carbons (Fsp3) is 0.0833. The second-order valence-electron chi connectivity index (χ2n) is 6.68. The quantitative estimate of drug-likeness (QED) is 0.424. The van der Waals surface area contributed by atoms with E-state index in [0.29, 0.717) is 0 Å². The minimum absolute atomic E-state index is 0.000504. The van der Waals surface area contributed by atoms with Crippen LogP contribution in [0.5, 0.6) is 5.75 Å². The second-order valence-corrected chi connectivity index (χ2v) is 6.68. The van der Waals surface area contributed by atoms with Crippen molar-refractivity contribution in [1.29, 1.82) is 0 Å². The van der Waals surface area contributed by atoms with Crippen molar-refractivity contribution in [2.45, 2.75) is 5.92 Å². The van der Waals surface area contributed by atoms with Gasteiger partial charge in [-0.15, -0.1) is 0 Å². The lowest BCUT2D eigenvalue weighted by molar-refractivity contribution is 0.414. The van der Waals surface area contributed by atoms with Crippen molar-refractivity contribution in [2.75, 3.05) is 7.11 Å². The molecular weight excluding hydrogens is 334 g/mol. The molecule has 5 aromatic rings. The lowest BCUT2D eigenvalue weighted by atomic mass is 9.88. The molecule has 2 aromatic heterocycles. The van der Waals surface area contributed by atoms with Gasteiger partial charge in [-0.2, -0.15) is 0 Å². The highest BCUT2D eigenvalue weighted by molar-refractivity contribution is 5.85. The number of methoxy groups -OCH3 is 1. The summed E-state index contributed by atoms with van der Waals surface area (Å²) >= 11 is 0. The molecule has 0 radical (unpaired) electrons. The van der Waals surface area contributed by atoms with Crippen molar-refractivity contribution in [3.05, 3.63) is 102 Å². The fourth-order valence-corrected chi connectivity index (χ4v) is 3.77. The third-order valence-electron chi connectivity index (χ3n) is 5.11. The maximum atomic E-state index is 6.27. The summed E-state index contributed by atoms with van der Waals surface area (Å²) in [4.78, 5) is 3.40. The molecule has 2 heterocycles. The number of nitrogens with one attached hydrogen (secondary N) is 1. The Labute approximate surface area is 157 Å². The summed E-state index contributed by atoms with van der Waals surface area (Å²) in [6, 6.07) is 26.9. The molecule has 3 heteroatoms. The number of ether oxygens (including phenoxy) is 1. The Morgan fingerprint density at radius 1 is 0.889 bits per heavy atom. The number of furan rings is 1. The maximum Gasteiger partial charge on any atom is 0.134 e. The van der Waals surface area contributed by atoms with Gasteiger partial charge in [0.1, 0.15) is 17.1 Å². The minimum atomic E-state index is -0.000504. The van der Waals surface area contributed by atoms with E-state index < -0.39 is 0 Å². The Bertz CT molecular complexity index is 1180. The van der Waals surface area contributed by atoms with Gasteiger partial charge in [0.25, 0.3) is 0 Å². The summed E-state index contributed by atoms with van der Waals surface area (Å²) in [7, 11) is 1.69. The topological polar surface area (TPSA) is 38.2 Å². The van der Waals surface area contributed by atoms with Gasteiger partial charge in [-0.3, -0.25) is 0 Å². The number of aromatic amines is 1. The number of hydrogen-bond donors (Lipinski definition) is 1. The molecule has 3 nitrogen and oxygen atoms in total. The van der Waals surface area contributed by atoms with Crippen molar-refractivity contribution in [3.63, 3.8) is 0 Å². The molecule has 5 rings (SSSR count). The van der Waals surface area contributed by atoms with Crippen molar-refractivity contribution in [2.24, 2.45) is 0 Å². The summed E-state index contributed by atoms with van der Waals surface area (Å²) in [6.07, 6.45) is 2.09. The molecule has 132 valence electrons. The van der Waals surface area contributed by atoms with Crippen molar-refractivity contribution in [1.82, 2.24) is 4.98 Å². The molecule has 0 spiro atoms. The normalized spacial score (nSPS) is 12.5. The zero-order chi connectivity index (χ0) is 18.2. The van der Waals surface area contributed by atoms with Crippen LogP contribution in [0.1, 0.15) is 22.8 Å². The number of H-pyrrole nitrogens is 1. The average Bonchev–Trinajstić information content (AvgIpc) is 3.33. The van der Waals surface area contributed by atoms with E-state index in [-0.39, 0.29) is 5.92 Å². The molecule has 0 saturated carbocycles. The Morgan fingerprint density at radius 3 is 2.48 bits per heavy atom. The molecule has 1 N–H and O–H groups in total. The first-order chi connectivity index (χ1) is 13.3. The van der Waals surface area contributed by atoms with Gasteiger partial charge in [-0.05, 0) is 41.5 Å². The largest absolute Gasteiger partial charge is 0.497 e. The van der Waals surface area contributed by atoms with Crippen LogP contribution in [0, 0.1) is 0 Å². The van der Waals surface area contributed by atoms with Gasteiger partial charge in [-0.1, -0.05) is 48.5 Å². The molecule has 27 heavy (non-hydrogen) atoms. The van der Waals surface area contributed by atoms with Crippen LogP contribution in [0.3, 0.4) is 0 Å². The van der Waals surface area contributed by atoms with E-state index >= 15 is 0 Å². The fourth-order valence-electron chi connectivity index (χ4n) is 3.77. The summed E-state index contributed by atoms with van der Waals surface area (Å²) in [5.74, 6) is 1.78. The van der Waals surface area contributed by atoms with Gasteiger partial charge in [0.15, 0.2) is 0 Å². The third kappa shape index (κ3) is 2.68. The van der Waals surface area contributed by atoms with Crippen molar-refractivity contribution >= 4 is 21.9 Å². The predicted octanol–water partition coefficient (Wildman–Crippen LogP) is 6.10. The first-order valence-electron chi connectivity index (χ1n) is 9.02. The number of aromatic nitrogens is 1. The van der Waals surface area contributed by atoms with Crippen LogP contribution < -0.4 is 4.74 Å². The highest BCUT2D eigenvalue weighted by atomic mass is 16.5. The van der Waals surface area contributed by atoms with E-state index in [9.17, 15) is 0 Å². The Kier molecular flexibility index (Phi) is 3.72. The van der Waals surface area contributed by atoms with Crippen LogP contribution >= 0.6 is 0 Å². The first-order valence-corrected chi connectivity index (χ1v) is 9.02. The van der Waals surface area contributed by atoms with Crippen LogP contribution in [0.25, 0.3) is 21.9 Å². The van der Waals surface area contributed by atoms with E-state index in [0.717, 1.165) is 28.0 Å². The Hall–Kier alpha value is -3.46. The van der Waals surface area contributed by atoms with Gasteiger partial charge in [-0.25, -0.2) is 0 Å². The molecule has 0 fully saturated rings. The van der Waals surface area contributed by atoms with Gasteiger partial charge < -0.3 is 14.1 Å². The molecule has 1 atom stereocenters. The molecule has 0 aliphatic heterocycles. The zero-order valence-corrected chi connectivity index (χ0v) is 15.0. The Morgan fingerprint density at radius 2 is 1.67 bits per heavy atom. The number of fused-ring (bicyclic) bond motifs is 2. The number of benzene rings is 3. The number of rotatable bonds is 4. The van der Waals surface area contributed by atoms with Gasteiger partial charge in [0.05, 0.1) is 13.0 Å². The highest BCUT2D eigenvalue weighted by Crippen LogP contribution is 2.38. The average molecular weight is 353 g/mol. The van der Waals surface area contributed by atoms with E-state index in [4.69, 9.17) is 9.15 Å². The minimum Gasteiger partial charge on any atom is -0.497 e. The van der Waals surface area contributed by atoms with E-state index in [1.54, 1.807) is 7.11 Å². The molecule has 0 saturated heterocycles. The SMILES string of the molecule is COc1ccc(C(c2cc3ccccc3o2)c2c[nH]c3ccccc23)cc1. The second kappa shape index (κ2) is 6.36. The summed E-state index contributed by atoms with van der Waals surface area (Å²) in [6.45, 7) is 0. The molecule has 3 aromatic carbocycles. The van der Waals surface area contributed by atoms with E-state index in [1.165, 1.54) is 16.5 Å². The van der Waals surface area contributed by atoms with Crippen LogP contribution in [0.4, 0.5) is 0 Å². The lowest BCUT2D eigenvalue weighted by Gasteiger charge is -2.15. The van der Waals surface area contributed by atoms with Gasteiger partial charge in [0.2, 0.25) is 0 Å². The van der Waals surface area contributed by atoms with Gasteiger partial charge in [0, 0.05) is 22.5 Å². The van der Waals surface area contributed by atoms with E-state index in [2.05, 4.69) is 53.6 Å². The summed E-state index contributed by atoms with van der Waals surface area (Å²) in [5, 5.41) is 2.32. The number of para-hydroxylation sites is 2. The van der Waals surface area contributed by atoms with Gasteiger partial charge >= 0.3 is 0 Å². The van der Waals surface area contributed by atoms with Crippen molar-refractivity contribution in [3.8, 4) is 5.75 Å². The Balaban J connectivity index is 1.73. The first kappa shape index (κ1) is 15.8. The standard InChI is InChI=1S/C24H19NO2/c1-26-18-12-10-16(11-13-18)24(20-15-25-21-8-4-3-7-19(20)21)23-14-17-6-2-5-9-22(17)27-23/h2-15,24-25H,1H3. The zero-order valence-electron chi connectivity index (χ0n) is 15.0. The number of hydrogen-bond acceptors (Lipinski definition) is 2. The molecular formula is C24H19NO2. The highest BCUT2D eigenvalue weighted by Gasteiger charge is 2.23. The summed E-state index contributed by atoms with van der Waals surface area (Å²) in [5.41, 5.74) is 4.41. The molecule has 1 unspecified atom stereocenters. The lowest BCUT2D eigenvalue weighted by Crippen LogP contribution is -2.01. The molecule has 0 aliphatic carbocycles. The maximum absolute atomic E-state index is 6.27. The van der Waals surface area contributed by atoms with Crippen LogP contribution in [-0.2, 0) is 0 Å². The third-order valence-corrected chi connectivity index (χ3v) is 5.11. The molecule has 0 aliphatic rings. The van der Waals surface area contributed by atoms with E-state index in [1.807, 2.05) is 36.4 Å². The smallest absolute Gasteiger partial charge is 0.134 e. The van der Waals surface area contributed by atoms with Crippen molar-refractivity contribution < 1.29 is 9.15 Å². The van der Waals surface area contributed by atoms with Crippen LogP contribution in [0.2, 0.25) is 0 Å². The van der Waals surface area contributed by atoms with Crippen LogP contribution in [-0.4, -0.2) is 12.1 Å². The predicted molar refractivity (Wildman–Crippen MR) is 108 cm³/mol. The van der Waals surface area contributed by atoms with Crippen LogP contribution in [0.15, 0.2) is 89.5 Å². The molecule has 0 bridgehead atoms. The molecule has 0 amide bonds. The monoisotopic (exact) mass is 353 g/mol. The summed E-state index contributed by atoms with van der Waals surface area (Å²) < 4.78 is 11.6.